The Bertz CT molecular complexity index is 288. The van der Waals surface area contributed by atoms with Crippen molar-refractivity contribution in [3.8, 4) is 0 Å². The topological polar surface area (TPSA) is 12.0 Å². The Kier molecular flexibility index (Phi) is 4.01. The maximum atomic E-state index is 13.2. The summed E-state index contributed by atoms with van der Waals surface area (Å²) in [5.41, 5.74) is 0.423. The maximum absolute atomic E-state index is 13.2. The molecule has 1 nitrogen and oxygen atoms in total. The Balaban J connectivity index is 1.86. The third-order valence-electron chi connectivity index (χ3n) is 4.82. The van der Waals surface area contributed by atoms with Crippen molar-refractivity contribution >= 4 is 0 Å². The molecule has 3 unspecified atom stereocenters. The van der Waals surface area contributed by atoms with Gasteiger partial charge in [0.15, 0.2) is 0 Å². The first-order valence-electron chi connectivity index (χ1n) is 7.45. The Hall–Kier alpha value is -0.180. The second-order valence-electron chi connectivity index (χ2n) is 7.06. The molecule has 0 heterocycles. The third kappa shape index (κ3) is 3.43. The van der Waals surface area contributed by atoms with Crippen LogP contribution in [0.4, 0.5) is 8.78 Å². The number of hydrogen-bond donors (Lipinski definition) is 1. The van der Waals surface area contributed by atoms with Crippen molar-refractivity contribution in [2.24, 2.45) is 17.3 Å². The summed E-state index contributed by atoms with van der Waals surface area (Å²) in [6, 6.07) is 0.457. The van der Waals surface area contributed by atoms with Gasteiger partial charge in [0.2, 0.25) is 5.92 Å². The van der Waals surface area contributed by atoms with E-state index in [4.69, 9.17) is 0 Å². The minimum Gasteiger partial charge on any atom is -0.314 e. The molecule has 2 saturated carbocycles. The zero-order valence-electron chi connectivity index (χ0n) is 11.9. The molecule has 0 radical (unpaired) electrons. The SMILES string of the molecule is CCCNC(CC1CCC(F)(F)C1)C1CC1(C)C. The van der Waals surface area contributed by atoms with Crippen LogP contribution in [0.1, 0.15) is 59.3 Å². The molecule has 0 aromatic carbocycles. The first kappa shape index (κ1) is 14.2. The fraction of sp³-hybridized carbons (Fsp3) is 1.00. The van der Waals surface area contributed by atoms with Crippen molar-refractivity contribution in [1.82, 2.24) is 5.32 Å². The van der Waals surface area contributed by atoms with Gasteiger partial charge in [-0.3, -0.25) is 0 Å². The largest absolute Gasteiger partial charge is 0.314 e. The molecular weight excluding hydrogens is 232 g/mol. The molecule has 2 rings (SSSR count). The van der Waals surface area contributed by atoms with Gasteiger partial charge in [0.1, 0.15) is 0 Å². The lowest BCUT2D eigenvalue weighted by Crippen LogP contribution is -2.35. The van der Waals surface area contributed by atoms with Crippen molar-refractivity contribution in [2.45, 2.75) is 71.3 Å². The molecule has 2 aliphatic rings. The summed E-state index contributed by atoms with van der Waals surface area (Å²) in [6.45, 7) is 7.76. The predicted molar refractivity (Wildman–Crippen MR) is 70.9 cm³/mol. The lowest BCUT2D eigenvalue weighted by molar-refractivity contribution is 0.00417. The minimum atomic E-state index is -2.39. The molecule has 1 N–H and O–H groups in total. The second kappa shape index (κ2) is 5.07. The zero-order valence-corrected chi connectivity index (χ0v) is 11.9. The maximum Gasteiger partial charge on any atom is 0.248 e. The van der Waals surface area contributed by atoms with E-state index >= 15 is 0 Å². The fourth-order valence-electron chi connectivity index (χ4n) is 3.52. The lowest BCUT2D eigenvalue weighted by Gasteiger charge is -2.23. The molecule has 0 aliphatic heterocycles. The lowest BCUT2D eigenvalue weighted by atomic mass is 9.92. The molecule has 18 heavy (non-hydrogen) atoms. The van der Waals surface area contributed by atoms with Crippen LogP contribution in [-0.4, -0.2) is 18.5 Å². The van der Waals surface area contributed by atoms with Gasteiger partial charge in [-0.05, 0) is 49.5 Å². The molecule has 2 aliphatic carbocycles. The van der Waals surface area contributed by atoms with Gasteiger partial charge in [-0.2, -0.15) is 0 Å². The highest BCUT2D eigenvalue weighted by molar-refractivity contribution is 5.02. The van der Waals surface area contributed by atoms with E-state index in [0.29, 0.717) is 23.8 Å². The number of alkyl halides is 2. The van der Waals surface area contributed by atoms with Crippen LogP contribution in [0, 0.1) is 17.3 Å². The van der Waals surface area contributed by atoms with Crippen molar-refractivity contribution in [1.29, 1.82) is 0 Å². The van der Waals surface area contributed by atoms with Gasteiger partial charge in [0.25, 0.3) is 0 Å². The van der Waals surface area contributed by atoms with Crippen LogP contribution in [0.25, 0.3) is 0 Å². The molecule has 0 bridgehead atoms. The van der Waals surface area contributed by atoms with Gasteiger partial charge in [-0.25, -0.2) is 8.78 Å². The van der Waals surface area contributed by atoms with E-state index in [1.165, 1.54) is 6.42 Å². The molecule has 0 spiro atoms. The van der Waals surface area contributed by atoms with E-state index in [2.05, 4.69) is 26.1 Å². The number of nitrogens with one attached hydrogen (secondary N) is 1. The average molecular weight is 259 g/mol. The normalized spacial score (nSPS) is 34.5. The highest BCUT2D eigenvalue weighted by Gasteiger charge is 2.51. The van der Waals surface area contributed by atoms with Crippen LogP contribution in [0.5, 0.6) is 0 Å². The van der Waals surface area contributed by atoms with Gasteiger partial charge in [-0.15, -0.1) is 0 Å². The average Bonchev–Trinajstić information content (AvgIpc) is 2.75. The van der Waals surface area contributed by atoms with Gasteiger partial charge in [0.05, 0.1) is 0 Å². The van der Waals surface area contributed by atoms with E-state index in [9.17, 15) is 8.78 Å². The quantitative estimate of drug-likeness (QED) is 0.753. The van der Waals surface area contributed by atoms with E-state index in [0.717, 1.165) is 19.4 Å². The summed E-state index contributed by atoms with van der Waals surface area (Å²) in [5.74, 6) is -1.47. The molecule has 3 atom stereocenters. The zero-order chi connectivity index (χ0) is 13.4. The van der Waals surface area contributed by atoms with Crippen molar-refractivity contribution in [2.75, 3.05) is 6.54 Å². The van der Waals surface area contributed by atoms with Gasteiger partial charge in [-0.1, -0.05) is 20.8 Å². The van der Waals surface area contributed by atoms with Crippen LogP contribution in [0.15, 0.2) is 0 Å². The van der Waals surface area contributed by atoms with Crippen LogP contribution in [0.2, 0.25) is 0 Å². The first-order valence-corrected chi connectivity index (χ1v) is 7.45. The highest BCUT2D eigenvalue weighted by Crippen LogP contribution is 2.55. The van der Waals surface area contributed by atoms with Crippen LogP contribution in [-0.2, 0) is 0 Å². The Morgan fingerprint density at radius 3 is 2.39 bits per heavy atom. The number of halogens is 2. The highest BCUT2D eigenvalue weighted by atomic mass is 19.3. The Labute approximate surface area is 110 Å². The molecule has 106 valence electrons. The van der Waals surface area contributed by atoms with Crippen LogP contribution < -0.4 is 5.32 Å². The van der Waals surface area contributed by atoms with Crippen molar-refractivity contribution in [3.05, 3.63) is 0 Å². The van der Waals surface area contributed by atoms with Crippen LogP contribution in [0.3, 0.4) is 0 Å². The molecule has 0 aromatic heterocycles. The second-order valence-corrected chi connectivity index (χ2v) is 7.06. The van der Waals surface area contributed by atoms with E-state index < -0.39 is 5.92 Å². The molecular formula is C15H27F2N. The summed E-state index contributed by atoms with van der Waals surface area (Å²) in [4.78, 5) is 0. The van der Waals surface area contributed by atoms with Crippen molar-refractivity contribution < 1.29 is 8.78 Å². The summed E-state index contributed by atoms with van der Waals surface area (Å²) in [7, 11) is 0. The molecule has 3 heteroatoms. The van der Waals surface area contributed by atoms with Gasteiger partial charge in [0, 0.05) is 18.9 Å². The van der Waals surface area contributed by atoms with E-state index in [1.807, 2.05) is 0 Å². The summed E-state index contributed by atoms with van der Waals surface area (Å²) >= 11 is 0. The van der Waals surface area contributed by atoms with Crippen LogP contribution >= 0.6 is 0 Å². The molecule has 0 amide bonds. The fourth-order valence-corrected chi connectivity index (χ4v) is 3.52. The summed E-state index contributed by atoms with van der Waals surface area (Å²) < 4.78 is 26.5. The Morgan fingerprint density at radius 2 is 1.94 bits per heavy atom. The summed E-state index contributed by atoms with van der Waals surface area (Å²) in [6.07, 6.45) is 4.24. The Morgan fingerprint density at radius 1 is 1.28 bits per heavy atom. The molecule has 2 fully saturated rings. The standard InChI is InChI=1S/C15H27F2N/c1-4-7-18-13(12-10-14(12,2)3)8-11-5-6-15(16,17)9-11/h11-13,18H,4-10H2,1-3H3. The number of hydrogen-bond acceptors (Lipinski definition) is 1. The number of rotatable bonds is 6. The van der Waals surface area contributed by atoms with Crippen molar-refractivity contribution in [3.63, 3.8) is 0 Å². The molecule has 0 aromatic rings. The summed E-state index contributed by atoms with van der Waals surface area (Å²) in [5, 5.41) is 3.60. The molecule has 0 saturated heterocycles. The predicted octanol–water partition coefficient (Wildman–Crippen LogP) is 4.23. The minimum absolute atomic E-state index is 0.103. The van der Waals surface area contributed by atoms with Gasteiger partial charge < -0.3 is 5.32 Å². The van der Waals surface area contributed by atoms with Gasteiger partial charge >= 0.3 is 0 Å². The first-order chi connectivity index (χ1) is 8.34. The van der Waals surface area contributed by atoms with E-state index in [1.54, 1.807) is 0 Å². The van der Waals surface area contributed by atoms with E-state index in [-0.39, 0.29) is 18.8 Å². The monoisotopic (exact) mass is 259 g/mol. The smallest absolute Gasteiger partial charge is 0.248 e. The third-order valence-corrected chi connectivity index (χ3v) is 4.82.